The van der Waals surface area contributed by atoms with Crippen LogP contribution in [-0.2, 0) is 14.9 Å². The van der Waals surface area contributed by atoms with Crippen molar-refractivity contribution in [3.8, 4) is 0 Å². The van der Waals surface area contributed by atoms with Gasteiger partial charge in [0.2, 0.25) is 0 Å². The zero-order valence-electron chi connectivity index (χ0n) is 11.0. The normalized spacial score (nSPS) is 19.9. The molecule has 7 nitrogen and oxygen atoms in total. The molecule has 0 aromatic rings. The number of ether oxygens (including phenoxy) is 1. The molecule has 0 unspecified atom stereocenters. The summed E-state index contributed by atoms with van der Waals surface area (Å²) in [6.45, 7) is 4.84. The molecule has 18 heavy (non-hydrogen) atoms. The van der Waals surface area contributed by atoms with E-state index in [1.807, 2.05) is 0 Å². The topological polar surface area (TPSA) is 87.9 Å². The number of nitrogens with zero attached hydrogens (tertiary/aromatic N) is 2. The van der Waals surface area contributed by atoms with E-state index in [0.29, 0.717) is 32.8 Å². The fourth-order valence-corrected chi connectivity index (χ4v) is 3.17. The molecule has 0 spiro atoms. The molecule has 8 heteroatoms. The molecule has 0 aromatic heterocycles. The summed E-state index contributed by atoms with van der Waals surface area (Å²) in [4.78, 5) is 2.20. The van der Waals surface area contributed by atoms with E-state index in [1.165, 1.54) is 4.31 Å². The van der Waals surface area contributed by atoms with Gasteiger partial charge in [-0.1, -0.05) is 0 Å². The third-order valence-electron chi connectivity index (χ3n) is 2.92. The van der Waals surface area contributed by atoms with Crippen molar-refractivity contribution < 1.29 is 13.2 Å². The van der Waals surface area contributed by atoms with Crippen LogP contribution in [0.15, 0.2) is 0 Å². The molecule has 0 bridgehead atoms. The van der Waals surface area contributed by atoms with Gasteiger partial charge in [0, 0.05) is 46.4 Å². The summed E-state index contributed by atoms with van der Waals surface area (Å²) >= 11 is 0. The van der Waals surface area contributed by atoms with Gasteiger partial charge in [0.25, 0.3) is 10.2 Å². The maximum atomic E-state index is 12.0. The quantitative estimate of drug-likeness (QED) is 0.550. The molecule has 1 saturated heterocycles. The average Bonchev–Trinajstić information content (AvgIpc) is 2.56. The van der Waals surface area contributed by atoms with Gasteiger partial charge < -0.3 is 15.4 Å². The maximum absolute atomic E-state index is 12.0. The third kappa shape index (κ3) is 5.17. The lowest BCUT2D eigenvalue weighted by Gasteiger charge is -2.21. The second-order valence-electron chi connectivity index (χ2n) is 4.28. The van der Waals surface area contributed by atoms with E-state index in [4.69, 9.17) is 10.5 Å². The van der Waals surface area contributed by atoms with E-state index >= 15 is 0 Å². The summed E-state index contributed by atoms with van der Waals surface area (Å²) in [6.07, 6.45) is 0.838. The van der Waals surface area contributed by atoms with Crippen molar-refractivity contribution in [2.24, 2.45) is 5.73 Å². The molecule has 0 amide bonds. The average molecular weight is 280 g/mol. The van der Waals surface area contributed by atoms with Crippen molar-refractivity contribution in [3.63, 3.8) is 0 Å². The Hall–Kier alpha value is -0.250. The van der Waals surface area contributed by atoms with Crippen LogP contribution >= 0.6 is 0 Å². The number of rotatable bonds is 7. The predicted octanol–water partition coefficient (Wildman–Crippen LogP) is -1.57. The van der Waals surface area contributed by atoms with E-state index in [2.05, 4.69) is 9.62 Å². The van der Waals surface area contributed by atoms with Gasteiger partial charge in [0.1, 0.15) is 0 Å². The second kappa shape index (κ2) is 8.03. The zero-order valence-corrected chi connectivity index (χ0v) is 11.8. The fraction of sp³-hybridized carbons (Fsp3) is 1.00. The molecule has 0 atom stereocenters. The van der Waals surface area contributed by atoms with Gasteiger partial charge in [-0.15, -0.1) is 0 Å². The standard InChI is InChI=1S/C10H24N4O3S/c1-17-10-4-12-18(15,16)14-6-2-5-13(7-3-11)8-9-14/h12H,2-11H2,1H3. The van der Waals surface area contributed by atoms with Crippen molar-refractivity contribution in [1.82, 2.24) is 13.9 Å². The van der Waals surface area contributed by atoms with E-state index in [0.717, 1.165) is 26.1 Å². The largest absolute Gasteiger partial charge is 0.383 e. The molecule has 3 N–H and O–H groups in total. The van der Waals surface area contributed by atoms with Crippen LogP contribution in [0.25, 0.3) is 0 Å². The summed E-state index contributed by atoms with van der Waals surface area (Å²) in [5, 5.41) is 0. The van der Waals surface area contributed by atoms with Gasteiger partial charge in [0.15, 0.2) is 0 Å². The molecule has 0 radical (unpaired) electrons. The number of nitrogens with two attached hydrogens (primary N) is 1. The van der Waals surface area contributed by atoms with Gasteiger partial charge in [-0.2, -0.15) is 17.4 Å². The van der Waals surface area contributed by atoms with E-state index in [1.54, 1.807) is 7.11 Å². The molecule has 0 aromatic carbocycles. The van der Waals surface area contributed by atoms with Crippen LogP contribution in [0.2, 0.25) is 0 Å². The number of methoxy groups -OCH3 is 1. The highest BCUT2D eigenvalue weighted by molar-refractivity contribution is 7.87. The lowest BCUT2D eigenvalue weighted by Crippen LogP contribution is -2.43. The molecule has 0 saturated carbocycles. The molecule has 1 fully saturated rings. The molecular formula is C10H24N4O3S. The Morgan fingerprint density at radius 3 is 2.72 bits per heavy atom. The van der Waals surface area contributed by atoms with Crippen molar-refractivity contribution in [1.29, 1.82) is 0 Å². The molecule has 1 heterocycles. The minimum atomic E-state index is -3.37. The molecule has 1 aliphatic heterocycles. The van der Waals surface area contributed by atoms with Crippen LogP contribution in [0, 0.1) is 0 Å². The highest BCUT2D eigenvalue weighted by atomic mass is 32.2. The monoisotopic (exact) mass is 280 g/mol. The number of nitrogens with one attached hydrogen (secondary N) is 1. The van der Waals surface area contributed by atoms with E-state index < -0.39 is 10.2 Å². The first-order valence-corrected chi connectivity index (χ1v) is 7.70. The Morgan fingerprint density at radius 1 is 1.28 bits per heavy atom. The highest BCUT2D eigenvalue weighted by Gasteiger charge is 2.24. The summed E-state index contributed by atoms with van der Waals surface area (Å²) < 4.78 is 32.9. The Morgan fingerprint density at radius 2 is 2.06 bits per heavy atom. The van der Waals surface area contributed by atoms with Crippen LogP contribution in [0.1, 0.15) is 6.42 Å². The summed E-state index contributed by atoms with van der Waals surface area (Å²) in [5.74, 6) is 0. The predicted molar refractivity (Wildman–Crippen MR) is 70.5 cm³/mol. The molecule has 0 aliphatic carbocycles. The Balaban J connectivity index is 2.45. The smallest absolute Gasteiger partial charge is 0.279 e. The molecule has 108 valence electrons. The van der Waals surface area contributed by atoms with E-state index in [-0.39, 0.29) is 0 Å². The lowest BCUT2D eigenvalue weighted by molar-refractivity contribution is 0.203. The third-order valence-corrected chi connectivity index (χ3v) is 4.54. The fourth-order valence-electron chi connectivity index (χ4n) is 1.96. The van der Waals surface area contributed by atoms with Gasteiger partial charge in [-0.25, -0.2) is 0 Å². The molecular weight excluding hydrogens is 256 g/mol. The van der Waals surface area contributed by atoms with Crippen LogP contribution in [-0.4, -0.2) is 77.2 Å². The zero-order chi connectivity index (χ0) is 13.4. The number of hydrogen-bond donors (Lipinski definition) is 2. The van der Waals surface area contributed by atoms with Crippen LogP contribution in [0.4, 0.5) is 0 Å². The second-order valence-corrected chi connectivity index (χ2v) is 6.03. The van der Waals surface area contributed by atoms with Crippen molar-refractivity contribution in [3.05, 3.63) is 0 Å². The summed E-state index contributed by atoms with van der Waals surface area (Å²) in [7, 11) is -1.83. The van der Waals surface area contributed by atoms with Gasteiger partial charge in [-0.3, -0.25) is 0 Å². The Bertz CT molecular complexity index is 323. The first-order chi connectivity index (χ1) is 8.60. The van der Waals surface area contributed by atoms with Crippen LogP contribution < -0.4 is 10.5 Å². The van der Waals surface area contributed by atoms with Crippen molar-refractivity contribution in [2.75, 3.05) is 59.5 Å². The Labute approximate surface area is 109 Å². The van der Waals surface area contributed by atoms with Crippen molar-refractivity contribution >= 4 is 10.2 Å². The first-order valence-electron chi connectivity index (χ1n) is 6.26. The maximum Gasteiger partial charge on any atom is 0.279 e. The molecule has 1 aliphatic rings. The first kappa shape index (κ1) is 15.8. The summed E-state index contributed by atoms with van der Waals surface area (Å²) in [6, 6.07) is 0. The lowest BCUT2D eigenvalue weighted by atomic mass is 10.4. The SMILES string of the molecule is COCCNS(=O)(=O)N1CCCN(CCN)CC1. The van der Waals surface area contributed by atoms with Crippen LogP contribution in [0.5, 0.6) is 0 Å². The highest BCUT2D eigenvalue weighted by Crippen LogP contribution is 2.06. The van der Waals surface area contributed by atoms with Crippen molar-refractivity contribution in [2.45, 2.75) is 6.42 Å². The Kier molecular flexibility index (Phi) is 7.05. The number of hydrogen-bond acceptors (Lipinski definition) is 5. The summed E-state index contributed by atoms with van der Waals surface area (Å²) in [5.41, 5.74) is 5.51. The molecule has 1 rings (SSSR count). The van der Waals surface area contributed by atoms with Crippen LogP contribution in [0.3, 0.4) is 0 Å². The van der Waals surface area contributed by atoms with Gasteiger partial charge in [-0.05, 0) is 13.0 Å². The van der Waals surface area contributed by atoms with Gasteiger partial charge >= 0.3 is 0 Å². The minimum absolute atomic E-state index is 0.307. The van der Waals surface area contributed by atoms with E-state index in [9.17, 15) is 8.42 Å². The van der Waals surface area contributed by atoms with Gasteiger partial charge in [0.05, 0.1) is 6.61 Å². The minimum Gasteiger partial charge on any atom is -0.383 e.